The van der Waals surface area contributed by atoms with Gasteiger partial charge in [-0.25, -0.2) is 0 Å². The number of fused-ring (bicyclic) bond motifs is 1. The molecule has 1 saturated heterocycles. The predicted molar refractivity (Wildman–Crippen MR) is 89.5 cm³/mol. The van der Waals surface area contributed by atoms with Crippen LogP contribution in [0.2, 0.25) is 0 Å². The van der Waals surface area contributed by atoms with Gasteiger partial charge in [-0.2, -0.15) is 0 Å². The zero-order valence-electron chi connectivity index (χ0n) is 13.5. The van der Waals surface area contributed by atoms with Crippen LogP contribution in [-0.4, -0.2) is 42.4 Å². The number of benzene rings is 1. The minimum atomic E-state index is -0.529. The monoisotopic (exact) mass is 408 g/mol. The number of carbonyl (C=O) groups is 3. The average Bonchev–Trinajstić information content (AvgIpc) is 3.23. The molecule has 3 aliphatic rings. The number of Topliss-reactive ketones (excluding diaryl/α,β-unsaturated/α-hetero) is 1. The Labute approximate surface area is 152 Å². The second-order valence-corrected chi connectivity index (χ2v) is 7.78. The maximum Gasteiger partial charge on any atom is 0.310 e. The summed E-state index contributed by atoms with van der Waals surface area (Å²) in [5.74, 6) is -1.41. The van der Waals surface area contributed by atoms with Crippen LogP contribution in [0.1, 0.15) is 16.8 Å². The third-order valence-corrected chi connectivity index (χ3v) is 6.73. The van der Waals surface area contributed by atoms with Crippen LogP contribution in [0, 0.1) is 23.7 Å². The summed E-state index contributed by atoms with van der Waals surface area (Å²) in [5, 5.41) is 0. The topological polar surface area (TPSA) is 78.9 Å². The molecule has 1 aliphatic heterocycles. The molecule has 0 unspecified atom stereocenters. The first-order valence-corrected chi connectivity index (χ1v) is 9.11. The lowest BCUT2D eigenvalue weighted by atomic mass is 9.80. The Balaban J connectivity index is 1.43. The van der Waals surface area contributed by atoms with Crippen molar-refractivity contribution < 1.29 is 28.6 Å². The van der Waals surface area contributed by atoms with E-state index < -0.39 is 17.8 Å². The molecule has 0 aromatic heterocycles. The molecule has 3 fully saturated rings. The Morgan fingerprint density at radius 2 is 2.12 bits per heavy atom. The fourth-order valence-electron chi connectivity index (χ4n) is 4.41. The first kappa shape index (κ1) is 16.6. The number of ketones is 1. The van der Waals surface area contributed by atoms with Gasteiger partial charge in [0.15, 0.2) is 12.4 Å². The van der Waals surface area contributed by atoms with Gasteiger partial charge >= 0.3 is 11.9 Å². The molecule has 6 nitrogen and oxygen atoms in total. The second kappa shape index (κ2) is 6.12. The first-order chi connectivity index (χ1) is 12.0. The normalized spacial score (nSPS) is 34.7. The highest BCUT2D eigenvalue weighted by Crippen LogP contribution is 2.60. The zero-order valence-corrected chi connectivity index (χ0v) is 15.1. The molecule has 2 aliphatic carbocycles. The third-order valence-electron chi connectivity index (χ3n) is 5.53. The first-order valence-electron chi connectivity index (χ1n) is 8.19. The number of hydrogen-bond donors (Lipinski definition) is 0. The number of ether oxygens (including phenoxy) is 3. The molecule has 1 aromatic rings. The van der Waals surface area contributed by atoms with Crippen LogP contribution >= 0.6 is 15.9 Å². The fourth-order valence-corrected chi connectivity index (χ4v) is 5.45. The molecule has 25 heavy (non-hydrogen) atoms. The number of rotatable bonds is 5. The molecule has 2 saturated carbocycles. The van der Waals surface area contributed by atoms with E-state index in [0.717, 1.165) is 6.42 Å². The summed E-state index contributed by atoms with van der Waals surface area (Å²) in [5.41, 5.74) is 0.416. The molecular formula is C18H17BrO6. The van der Waals surface area contributed by atoms with Crippen LogP contribution in [0.25, 0.3) is 0 Å². The van der Waals surface area contributed by atoms with Crippen molar-refractivity contribution in [1.82, 2.24) is 0 Å². The maximum absolute atomic E-state index is 12.5. The van der Waals surface area contributed by atoms with E-state index in [1.54, 1.807) is 24.3 Å². The highest BCUT2D eigenvalue weighted by molar-refractivity contribution is 9.09. The molecule has 2 bridgehead atoms. The van der Waals surface area contributed by atoms with Crippen LogP contribution in [0.15, 0.2) is 24.3 Å². The smallest absolute Gasteiger partial charge is 0.310 e. The summed E-state index contributed by atoms with van der Waals surface area (Å²) < 4.78 is 15.7. The van der Waals surface area contributed by atoms with Crippen LogP contribution in [0.4, 0.5) is 0 Å². The summed E-state index contributed by atoms with van der Waals surface area (Å²) in [6, 6.07) is 6.68. The van der Waals surface area contributed by atoms with E-state index in [2.05, 4.69) is 15.9 Å². The standard InChI is InChI=1S/C18H17BrO6/c1-23-9-4-2-3-8(5-9)12(20)7-24-17(21)13-10-6-11-14(13)18(22)25-16(11)15(10)19/h2-5,10-11,13-16H,6-7H2,1H3/t10-,11-,13-,14-,15-,16+/m1/s1. The number of hydrogen-bond acceptors (Lipinski definition) is 6. The van der Waals surface area contributed by atoms with E-state index in [0.29, 0.717) is 11.3 Å². The summed E-state index contributed by atoms with van der Waals surface area (Å²) in [4.78, 5) is 36.8. The van der Waals surface area contributed by atoms with E-state index >= 15 is 0 Å². The zero-order chi connectivity index (χ0) is 17.7. The summed E-state index contributed by atoms with van der Waals surface area (Å²) >= 11 is 3.55. The van der Waals surface area contributed by atoms with Crippen molar-refractivity contribution in [1.29, 1.82) is 0 Å². The SMILES string of the molecule is COc1cccc(C(=O)COC(=O)[C@@H]2[C@H]3C[C@H]4[C@H](OC(=O)[C@H]42)[C@@H]3Br)c1. The Hall–Kier alpha value is -1.89. The van der Waals surface area contributed by atoms with Crippen molar-refractivity contribution in [2.45, 2.75) is 17.4 Å². The van der Waals surface area contributed by atoms with Crippen molar-refractivity contribution in [2.75, 3.05) is 13.7 Å². The molecule has 1 aromatic carbocycles. The highest BCUT2D eigenvalue weighted by atomic mass is 79.9. The van der Waals surface area contributed by atoms with Crippen molar-refractivity contribution in [3.8, 4) is 5.75 Å². The van der Waals surface area contributed by atoms with Crippen LogP contribution < -0.4 is 4.74 Å². The molecule has 4 rings (SSSR count). The number of esters is 2. The van der Waals surface area contributed by atoms with Gasteiger partial charge < -0.3 is 14.2 Å². The van der Waals surface area contributed by atoms with Gasteiger partial charge in [0.1, 0.15) is 11.9 Å². The van der Waals surface area contributed by atoms with Gasteiger partial charge in [-0.3, -0.25) is 14.4 Å². The molecule has 132 valence electrons. The van der Waals surface area contributed by atoms with Crippen LogP contribution in [0.3, 0.4) is 0 Å². The van der Waals surface area contributed by atoms with Crippen LogP contribution in [0.5, 0.6) is 5.75 Å². The van der Waals surface area contributed by atoms with Crippen molar-refractivity contribution >= 4 is 33.7 Å². The minimum absolute atomic E-state index is 0.0193. The largest absolute Gasteiger partial charge is 0.497 e. The number of carbonyl (C=O) groups excluding carboxylic acids is 3. The molecule has 7 heteroatoms. The maximum atomic E-state index is 12.5. The number of methoxy groups -OCH3 is 1. The summed E-state index contributed by atoms with van der Waals surface area (Å²) in [6.45, 7) is -0.349. The Morgan fingerprint density at radius 1 is 1.32 bits per heavy atom. The third kappa shape index (κ3) is 2.56. The van der Waals surface area contributed by atoms with Gasteiger partial charge in [0.2, 0.25) is 0 Å². The van der Waals surface area contributed by atoms with Gasteiger partial charge in [-0.05, 0) is 24.5 Å². The fraction of sp³-hybridized carbons (Fsp3) is 0.500. The summed E-state index contributed by atoms with van der Waals surface area (Å²) in [6.07, 6.45) is 0.644. The molecule has 0 amide bonds. The quantitative estimate of drug-likeness (QED) is 0.421. The van der Waals surface area contributed by atoms with Crippen LogP contribution in [-0.2, 0) is 19.1 Å². The van der Waals surface area contributed by atoms with Gasteiger partial charge in [0, 0.05) is 11.5 Å². The average molecular weight is 409 g/mol. The summed E-state index contributed by atoms with van der Waals surface area (Å²) in [7, 11) is 1.52. The predicted octanol–water partition coefficient (Wildman–Crippen LogP) is 1.99. The molecule has 0 spiro atoms. The molecule has 0 radical (unpaired) electrons. The van der Waals surface area contributed by atoms with Crippen molar-refractivity contribution in [2.24, 2.45) is 23.7 Å². The molecular weight excluding hydrogens is 392 g/mol. The number of alkyl halides is 1. The highest BCUT2D eigenvalue weighted by Gasteiger charge is 2.68. The second-order valence-electron chi connectivity index (χ2n) is 6.72. The van der Waals surface area contributed by atoms with Gasteiger partial charge in [0.05, 0.1) is 23.8 Å². The van der Waals surface area contributed by atoms with Crippen molar-refractivity contribution in [3.63, 3.8) is 0 Å². The Kier molecular flexibility index (Phi) is 4.06. The van der Waals surface area contributed by atoms with Gasteiger partial charge in [-0.1, -0.05) is 28.1 Å². The van der Waals surface area contributed by atoms with Gasteiger partial charge in [0.25, 0.3) is 0 Å². The Morgan fingerprint density at radius 3 is 2.88 bits per heavy atom. The van der Waals surface area contributed by atoms with E-state index in [9.17, 15) is 14.4 Å². The number of halogens is 1. The molecule has 1 heterocycles. The van der Waals surface area contributed by atoms with E-state index in [4.69, 9.17) is 14.2 Å². The van der Waals surface area contributed by atoms with E-state index in [-0.39, 0.29) is 41.1 Å². The molecule has 6 atom stereocenters. The lowest BCUT2D eigenvalue weighted by molar-refractivity contribution is -0.154. The lowest BCUT2D eigenvalue weighted by Crippen LogP contribution is -2.39. The van der Waals surface area contributed by atoms with Gasteiger partial charge in [-0.15, -0.1) is 0 Å². The minimum Gasteiger partial charge on any atom is -0.497 e. The van der Waals surface area contributed by atoms with Crippen molar-refractivity contribution in [3.05, 3.63) is 29.8 Å². The molecule has 0 N–H and O–H groups in total. The van der Waals surface area contributed by atoms with E-state index in [1.807, 2.05) is 0 Å². The Bertz CT molecular complexity index is 747. The van der Waals surface area contributed by atoms with E-state index in [1.165, 1.54) is 7.11 Å². The lowest BCUT2D eigenvalue weighted by Gasteiger charge is -2.26.